The molecule has 0 aliphatic carbocycles. The number of hydrogen-bond donors (Lipinski definition) is 3. The zero-order valence-electron chi connectivity index (χ0n) is 19.7. The van der Waals surface area contributed by atoms with Crippen LogP contribution in [0.15, 0.2) is 77.3 Å². The van der Waals surface area contributed by atoms with Gasteiger partial charge in [-0.25, -0.2) is 22.8 Å². The minimum absolute atomic E-state index is 0.0162. The van der Waals surface area contributed by atoms with Crippen LogP contribution in [0, 0.1) is 11.7 Å². The molecular formula is C25H25FN6O3S2. The third-order valence-corrected chi connectivity index (χ3v) is 8.93. The fourth-order valence-electron chi connectivity index (χ4n) is 4.17. The highest BCUT2D eigenvalue weighted by Crippen LogP contribution is 2.33. The van der Waals surface area contributed by atoms with Gasteiger partial charge in [-0.3, -0.25) is 0 Å². The third-order valence-electron chi connectivity index (χ3n) is 6.17. The summed E-state index contributed by atoms with van der Waals surface area (Å²) in [5.41, 5.74) is 1.31. The van der Waals surface area contributed by atoms with Gasteiger partial charge >= 0.3 is 0 Å². The molecule has 0 saturated carbocycles. The standard InChI is InChI=1S/C25H25FN6O3S2/c26-18-1-3-19(4-2-18)29-22-9-12-28-25(31-22)30-20-5-7-21(8-6-20)37(34,35)32-14-10-17(11-15-32)23(33)24-27-13-16-36-24/h1-9,12-13,16-17,23,33H,10-11,14-15H2,(H2,28,29,30,31). The second-order valence-electron chi connectivity index (χ2n) is 8.60. The molecule has 3 heterocycles. The first kappa shape index (κ1) is 25.2. The summed E-state index contributed by atoms with van der Waals surface area (Å²) < 4.78 is 40.9. The van der Waals surface area contributed by atoms with Crippen molar-refractivity contribution in [2.75, 3.05) is 23.7 Å². The van der Waals surface area contributed by atoms with Gasteiger partial charge in [0.1, 0.15) is 22.7 Å². The summed E-state index contributed by atoms with van der Waals surface area (Å²) in [5.74, 6) is 0.504. The lowest BCUT2D eigenvalue weighted by Crippen LogP contribution is -2.39. The average molecular weight is 541 g/mol. The van der Waals surface area contributed by atoms with Gasteiger partial charge in [-0.05, 0) is 73.4 Å². The molecule has 2 aromatic heterocycles. The Bertz CT molecular complexity index is 1430. The summed E-state index contributed by atoms with van der Waals surface area (Å²) in [6.45, 7) is 0.689. The van der Waals surface area contributed by atoms with Crippen molar-refractivity contribution in [3.8, 4) is 0 Å². The van der Waals surface area contributed by atoms with Crippen molar-refractivity contribution in [1.29, 1.82) is 0 Å². The topological polar surface area (TPSA) is 120 Å². The number of hydrogen-bond acceptors (Lipinski definition) is 9. The van der Waals surface area contributed by atoms with Crippen molar-refractivity contribution < 1.29 is 17.9 Å². The Morgan fingerprint density at radius 2 is 1.62 bits per heavy atom. The molecule has 1 unspecified atom stereocenters. The van der Waals surface area contributed by atoms with Gasteiger partial charge in [0.05, 0.1) is 4.90 Å². The van der Waals surface area contributed by atoms with Gasteiger partial charge in [0.15, 0.2) is 0 Å². The molecule has 3 N–H and O–H groups in total. The number of piperidine rings is 1. The predicted molar refractivity (Wildman–Crippen MR) is 140 cm³/mol. The number of nitrogens with one attached hydrogen (secondary N) is 2. The maximum absolute atomic E-state index is 13.2. The quantitative estimate of drug-likeness (QED) is 0.294. The van der Waals surface area contributed by atoms with E-state index in [2.05, 4.69) is 25.6 Å². The van der Waals surface area contributed by atoms with Crippen LogP contribution in [0.5, 0.6) is 0 Å². The second-order valence-corrected chi connectivity index (χ2v) is 11.5. The van der Waals surface area contributed by atoms with Crippen LogP contribution in [0.25, 0.3) is 0 Å². The van der Waals surface area contributed by atoms with Gasteiger partial charge in [0.25, 0.3) is 0 Å². The Hall–Kier alpha value is -3.45. The van der Waals surface area contributed by atoms with E-state index in [9.17, 15) is 17.9 Å². The van der Waals surface area contributed by atoms with E-state index in [1.54, 1.807) is 54.9 Å². The molecule has 192 valence electrons. The summed E-state index contributed by atoms with van der Waals surface area (Å²) in [5, 5.41) is 19.2. The Kier molecular flexibility index (Phi) is 7.42. The normalized spacial score (nSPS) is 15.8. The van der Waals surface area contributed by atoms with E-state index in [1.807, 2.05) is 5.38 Å². The van der Waals surface area contributed by atoms with Gasteiger partial charge in [0, 0.05) is 42.2 Å². The first-order valence-electron chi connectivity index (χ1n) is 11.7. The summed E-state index contributed by atoms with van der Waals surface area (Å²) >= 11 is 1.41. The molecular weight excluding hydrogens is 515 g/mol. The summed E-state index contributed by atoms with van der Waals surface area (Å²) in [4.78, 5) is 13.0. The summed E-state index contributed by atoms with van der Waals surface area (Å²) in [6, 6.07) is 14.0. The minimum Gasteiger partial charge on any atom is -0.386 e. The molecule has 1 aliphatic rings. The number of aliphatic hydroxyl groups excluding tert-OH is 1. The van der Waals surface area contributed by atoms with Crippen LogP contribution in [0.1, 0.15) is 24.0 Å². The average Bonchev–Trinajstić information content (AvgIpc) is 3.45. The Balaban J connectivity index is 1.20. The van der Waals surface area contributed by atoms with Crippen LogP contribution in [0.3, 0.4) is 0 Å². The predicted octanol–water partition coefficient (Wildman–Crippen LogP) is 4.69. The smallest absolute Gasteiger partial charge is 0.243 e. The number of thiazole rings is 1. The molecule has 2 aromatic carbocycles. The van der Waals surface area contributed by atoms with E-state index < -0.39 is 16.1 Å². The van der Waals surface area contributed by atoms with Crippen LogP contribution < -0.4 is 10.6 Å². The molecule has 1 aliphatic heterocycles. The highest BCUT2D eigenvalue weighted by atomic mass is 32.2. The van der Waals surface area contributed by atoms with E-state index in [0.717, 1.165) is 0 Å². The van der Waals surface area contributed by atoms with E-state index >= 15 is 0 Å². The SMILES string of the molecule is O=S(=O)(c1ccc(Nc2nccc(Nc3ccc(F)cc3)n2)cc1)N1CCC(C(O)c2nccs2)CC1. The zero-order chi connectivity index (χ0) is 25.8. The van der Waals surface area contributed by atoms with E-state index in [-0.39, 0.29) is 16.6 Å². The van der Waals surface area contributed by atoms with Gasteiger partial charge < -0.3 is 15.7 Å². The monoisotopic (exact) mass is 540 g/mol. The second kappa shape index (κ2) is 10.9. The molecule has 9 nitrogen and oxygen atoms in total. The number of anilines is 4. The fourth-order valence-corrected chi connectivity index (χ4v) is 6.36. The lowest BCUT2D eigenvalue weighted by atomic mass is 9.92. The van der Waals surface area contributed by atoms with Gasteiger partial charge in [-0.2, -0.15) is 9.29 Å². The van der Waals surface area contributed by atoms with Crippen molar-refractivity contribution in [1.82, 2.24) is 19.3 Å². The number of aromatic nitrogens is 3. The van der Waals surface area contributed by atoms with E-state index in [4.69, 9.17) is 0 Å². The van der Waals surface area contributed by atoms with Crippen molar-refractivity contribution in [2.45, 2.75) is 23.8 Å². The molecule has 0 radical (unpaired) electrons. The fraction of sp³-hybridized carbons (Fsp3) is 0.240. The number of nitrogens with zero attached hydrogens (tertiary/aromatic N) is 4. The molecule has 0 bridgehead atoms. The molecule has 4 aromatic rings. The highest BCUT2D eigenvalue weighted by molar-refractivity contribution is 7.89. The highest BCUT2D eigenvalue weighted by Gasteiger charge is 2.33. The summed E-state index contributed by atoms with van der Waals surface area (Å²) in [7, 11) is -3.66. The lowest BCUT2D eigenvalue weighted by molar-refractivity contribution is 0.0758. The molecule has 0 amide bonds. The first-order chi connectivity index (χ1) is 17.9. The number of rotatable bonds is 8. The first-order valence-corrected chi connectivity index (χ1v) is 14.0. The van der Waals surface area contributed by atoms with Crippen LogP contribution in [-0.4, -0.2) is 45.9 Å². The number of sulfonamides is 1. The zero-order valence-corrected chi connectivity index (χ0v) is 21.3. The van der Waals surface area contributed by atoms with Gasteiger partial charge in [0.2, 0.25) is 16.0 Å². The van der Waals surface area contributed by atoms with Crippen molar-refractivity contribution in [3.63, 3.8) is 0 Å². The number of aliphatic hydroxyl groups is 1. The van der Waals surface area contributed by atoms with Gasteiger partial charge in [-0.15, -0.1) is 11.3 Å². The van der Waals surface area contributed by atoms with Crippen LogP contribution in [-0.2, 0) is 10.0 Å². The molecule has 0 spiro atoms. The number of benzene rings is 2. The molecule has 5 rings (SSSR count). The Labute approximate surface area is 218 Å². The molecule has 12 heteroatoms. The number of halogens is 1. The lowest BCUT2D eigenvalue weighted by Gasteiger charge is -2.33. The molecule has 1 saturated heterocycles. The maximum Gasteiger partial charge on any atom is 0.243 e. The van der Waals surface area contributed by atoms with Crippen molar-refractivity contribution in [3.05, 3.63) is 83.2 Å². The largest absolute Gasteiger partial charge is 0.386 e. The minimum atomic E-state index is -3.66. The molecule has 1 atom stereocenters. The van der Waals surface area contributed by atoms with E-state index in [0.29, 0.717) is 54.1 Å². The third kappa shape index (κ3) is 5.93. The Morgan fingerprint density at radius 3 is 2.30 bits per heavy atom. The van der Waals surface area contributed by atoms with Crippen molar-refractivity contribution >= 4 is 44.5 Å². The van der Waals surface area contributed by atoms with Crippen LogP contribution in [0.2, 0.25) is 0 Å². The van der Waals surface area contributed by atoms with E-state index in [1.165, 1.54) is 27.8 Å². The maximum atomic E-state index is 13.2. The van der Waals surface area contributed by atoms with Crippen molar-refractivity contribution in [2.24, 2.45) is 5.92 Å². The van der Waals surface area contributed by atoms with Crippen LogP contribution >= 0.6 is 11.3 Å². The Morgan fingerprint density at radius 1 is 0.946 bits per heavy atom. The molecule has 1 fully saturated rings. The summed E-state index contributed by atoms with van der Waals surface area (Å²) in [6.07, 6.45) is 3.71. The molecule has 37 heavy (non-hydrogen) atoms. The van der Waals surface area contributed by atoms with Crippen LogP contribution in [0.4, 0.5) is 27.5 Å². The van der Waals surface area contributed by atoms with Gasteiger partial charge in [-0.1, -0.05) is 0 Å².